The molecular formula is C27H35N2O5S3+. The summed E-state index contributed by atoms with van der Waals surface area (Å²) >= 11 is 3.59. The predicted octanol–water partition coefficient (Wildman–Crippen LogP) is 5.50. The highest BCUT2D eigenvalue weighted by molar-refractivity contribution is 8.04. The zero-order valence-electron chi connectivity index (χ0n) is 21.7. The molecule has 0 saturated carbocycles. The maximum atomic E-state index is 11.3. The van der Waals surface area contributed by atoms with Crippen LogP contribution in [0.4, 0.5) is 0 Å². The number of thiazole rings is 1. The molecule has 0 bridgehead atoms. The van der Waals surface area contributed by atoms with Crippen LogP contribution in [0.2, 0.25) is 0 Å². The van der Waals surface area contributed by atoms with Crippen LogP contribution in [0.5, 0.6) is 0 Å². The number of thioether (sulfide) groups is 1. The van der Waals surface area contributed by atoms with Crippen LogP contribution in [0, 0.1) is 0 Å². The lowest BCUT2D eigenvalue weighted by Gasteiger charge is -2.28. The van der Waals surface area contributed by atoms with Crippen molar-refractivity contribution in [2.24, 2.45) is 0 Å². The molecule has 0 amide bonds. The first-order valence-electron chi connectivity index (χ1n) is 12.5. The standard InChI is InChI=1S/C27H34N2O5S3/c1-5-20(16-26-28(6-2)23-15-21(18-34-33-4)9-11-25(23)35-26)17-27-29(12-7-13-37(30,31)32)22-14-19(3)8-10-24(22)36-27/h8-11,14-17,22,24H,5-7,12-13,18H2,1-4H3/p+1. The summed E-state index contributed by atoms with van der Waals surface area (Å²) in [6.45, 7) is 8.22. The summed E-state index contributed by atoms with van der Waals surface area (Å²) in [5.74, 6) is -0.233. The third-order valence-electron chi connectivity index (χ3n) is 6.50. The third-order valence-corrected chi connectivity index (χ3v) is 9.72. The number of fused-ring (bicyclic) bond motifs is 2. The first-order chi connectivity index (χ1) is 17.7. The first-order valence-corrected chi connectivity index (χ1v) is 15.8. The van der Waals surface area contributed by atoms with Crippen LogP contribution in [0.3, 0.4) is 0 Å². The second kappa shape index (κ2) is 12.3. The molecule has 1 fully saturated rings. The highest BCUT2D eigenvalue weighted by atomic mass is 32.2. The molecule has 2 heterocycles. The molecular weight excluding hydrogens is 529 g/mol. The molecule has 1 aliphatic heterocycles. The number of aryl methyl sites for hydroxylation is 1. The molecule has 1 aromatic carbocycles. The highest BCUT2D eigenvalue weighted by Crippen LogP contribution is 2.43. The Morgan fingerprint density at radius 1 is 1.30 bits per heavy atom. The van der Waals surface area contributed by atoms with E-state index in [0.29, 0.717) is 19.6 Å². The van der Waals surface area contributed by atoms with E-state index in [4.69, 9.17) is 9.78 Å². The van der Waals surface area contributed by atoms with Gasteiger partial charge in [0.2, 0.25) is 5.52 Å². The van der Waals surface area contributed by atoms with E-state index in [0.717, 1.165) is 23.6 Å². The van der Waals surface area contributed by atoms with E-state index in [1.165, 1.54) is 33.5 Å². The summed E-state index contributed by atoms with van der Waals surface area (Å²) in [5.41, 5.74) is 4.66. The van der Waals surface area contributed by atoms with E-state index >= 15 is 0 Å². The van der Waals surface area contributed by atoms with Crippen molar-refractivity contribution in [2.45, 2.75) is 58.1 Å². The number of benzene rings is 1. The Kier molecular flexibility index (Phi) is 9.31. The Balaban J connectivity index is 1.66. The van der Waals surface area contributed by atoms with Gasteiger partial charge in [0.15, 0.2) is 0 Å². The van der Waals surface area contributed by atoms with Gasteiger partial charge in [-0.05, 0) is 50.0 Å². The largest absolute Gasteiger partial charge is 0.358 e. The number of allylic oxidation sites excluding steroid dienone is 4. The predicted molar refractivity (Wildman–Crippen MR) is 152 cm³/mol. The van der Waals surface area contributed by atoms with Gasteiger partial charge >= 0.3 is 0 Å². The Labute approximate surface area is 227 Å². The van der Waals surface area contributed by atoms with Gasteiger partial charge in [0.25, 0.3) is 15.1 Å². The van der Waals surface area contributed by atoms with E-state index in [1.807, 2.05) is 11.8 Å². The van der Waals surface area contributed by atoms with Crippen molar-refractivity contribution in [2.75, 3.05) is 19.4 Å². The van der Waals surface area contributed by atoms with Crippen molar-refractivity contribution in [1.82, 2.24) is 4.90 Å². The zero-order valence-corrected chi connectivity index (χ0v) is 24.2. The van der Waals surface area contributed by atoms with Gasteiger partial charge in [-0.1, -0.05) is 59.9 Å². The van der Waals surface area contributed by atoms with Gasteiger partial charge in [-0.3, -0.25) is 4.55 Å². The van der Waals surface area contributed by atoms with Crippen LogP contribution in [-0.2, 0) is 33.0 Å². The average molecular weight is 564 g/mol. The van der Waals surface area contributed by atoms with Crippen LogP contribution in [0.25, 0.3) is 16.3 Å². The quantitative estimate of drug-likeness (QED) is 0.167. The van der Waals surface area contributed by atoms with Crippen molar-refractivity contribution < 1.29 is 27.3 Å². The molecule has 1 aliphatic carbocycles. The summed E-state index contributed by atoms with van der Waals surface area (Å²) in [4.78, 5) is 12.2. The Morgan fingerprint density at radius 3 is 2.81 bits per heavy atom. The molecule has 1 saturated heterocycles. The van der Waals surface area contributed by atoms with E-state index in [1.54, 1.807) is 11.3 Å². The molecule has 0 radical (unpaired) electrons. The highest BCUT2D eigenvalue weighted by Gasteiger charge is 2.36. The molecule has 1 N–H and O–H groups in total. The second-order valence-corrected chi connectivity index (χ2v) is 13.0. The molecule has 200 valence electrons. The maximum Gasteiger partial charge on any atom is 0.264 e. The van der Waals surface area contributed by atoms with Gasteiger partial charge in [-0.25, -0.2) is 9.78 Å². The summed E-state index contributed by atoms with van der Waals surface area (Å²) in [5, 5.41) is 2.61. The van der Waals surface area contributed by atoms with Crippen LogP contribution >= 0.6 is 23.1 Å². The smallest absolute Gasteiger partial charge is 0.264 e. The summed E-state index contributed by atoms with van der Waals surface area (Å²) < 4.78 is 35.4. The first kappa shape index (κ1) is 28.1. The fourth-order valence-corrected chi connectivity index (χ4v) is 7.71. The van der Waals surface area contributed by atoms with Crippen LogP contribution in [0.1, 0.15) is 44.2 Å². The molecule has 0 spiro atoms. The topological polar surface area (TPSA) is 80.0 Å². The average Bonchev–Trinajstić information content (AvgIpc) is 3.37. The minimum absolute atomic E-state index is 0.179. The number of hydrogen-bond acceptors (Lipinski definition) is 7. The fourth-order valence-electron chi connectivity index (χ4n) is 4.66. The third kappa shape index (κ3) is 6.93. The Hall–Kier alpha value is -1.95. The monoisotopic (exact) mass is 563 g/mol. The van der Waals surface area contributed by atoms with Crippen molar-refractivity contribution in [1.29, 1.82) is 0 Å². The lowest BCUT2D eigenvalue weighted by Crippen LogP contribution is -2.34. The summed E-state index contributed by atoms with van der Waals surface area (Å²) in [6, 6.07) is 6.54. The molecule has 37 heavy (non-hydrogen) atoms. The number of hydrogen-bond donors (Lipinski definition) is 1. The molecule has 4 rings (SSSR count). The molecule has 2 aliphatic rings. The Morgan fingerprint density at radius 2 is 2.11 bits per heavy atom. The van der Waals surface area contributed by atoms with E-state index in [2.05, 4.69) is 78.8 Å². The van der Waals surface area contributed by atoms with Gasteiger partial charge in [0.05, 0.1) is 29.2 Å². The van der Waals surface area contributed by atoms with Crippen molar-refractivity contribution in [3.8, 4) is 0 Å². The van der Waals surface area contributed by atoms with Gasteiger partial charge in [-0.2, -0.15) is 13.0 Å². The van der Waals surface area contributed by atoms with Crippen LogP contribution in [-0.4, -0.2) is 48.6 Å². The van der Waals surface area contributed by atoms with Crippen molar-refractivity contribution >= 4 is 49.5 Å². The number of rotatable bonds is 11. The lowest BCUT2D eigenvalue weighted by molar-refractivity contribution is -0.665. The minimum Gasteiger partial charge on any atom is -0.358 e. The Bertz CT molecular complexity index is 1360. The van der Waals surface area contributed by atoms with Gasteiger partial charge in [0, 0.05) is 18.7 Å². The second-order valence-electron chi connectivity index (χ2n) is 9.15. The molecule has 2 atom stereocenters. The normalized spacial score (nSPS) is 21.2. The minimum atomic E-state index is -3.98. The summed E-state index contributed by atoms with van der Waals surface area (Å²) in [6.07, 6.45) is 12.4. The number of aromatic nitrogens is 1. The van der Waals surface area contributed by atoms with Crippen LogP contribution in [0.15, 0.2) is 58.7 Å². The van der Waals surface area contributed by atoms with Gasteiger partial charge in [0.1, 0.15) is 17.9 Å². The van der Waals surface area contributed by atoms with E-state index < -0.39 is 10.1 Å². The molecule has 7 nitrogen and oxygen atoms in total. The number of nitrogens with zero attached hydrogens (tertiary/aromatic N) is 2. The van der Waals surface area contributed by atoms with Crippen molar-refractivity contribution in [3.05, 3.63) is 69.2 Å². The lowest BCUT2D eigenvalue weighted by atomic mass is 10.0. The molecule has 10 heteroatoms. The van der Waals surface area contributed by atoms with Gasteiger partial charge < -0.3 is 4.90 Å². The van der Waals surface area contributed by atoms with Crippen molar-refractivity contribution in [3.63, 3.8) is 0 Å². The summed E-state index contributed by atoms with van der Waals surface area (Å²) in [7, 11) is -2.47. The zero-order chi connectivity index (χ0) is 26.6. The van der Waals surface area contributed by atoms with Gasteiger partial charge in [-0.15, -0.1) is 0 Å². The maximum absolute atomic E-state index is 11.3. The van der Waals surface area contributed by atoms with E-state index in [-0.39, 0.29) is 17.0 Å². The molecule has 1 aromatic heterocycles. The molecule has 2 unspecified atom stereocenters. The van der Waals surface area contributed by atoms with E-state index in [9.17, 15) is 13.0 Å². The fraction of sp³-hybridized carbons (Fsp3) is 0.444. The molecule has 2 aromatic rings. The van der Waals surface area contributed by atoms with Crippen LogP contribution < -0.4 is 4.57 Å². The SMILES string of the molecule is CCC(/C=C1\SC2C=CC(C)=CC2N1CCCS(=O)(=O)O)=C\c1sc2ccc(COOC)cc2[n+]1CC.